The van der Waals surface area contributed by atoms with Crippen LogP contribution in [0.1, 0.15) is 24.5 Å². The van der Waals surface area contributed by atoms with Crippen LogP contribution < -0.4 is 5.32 Å². The summed E-state index contributed by atoms with van der Waals surface area (Å²) in [5.41, 5.74) is 5.82. The quantitative estimate of drug-likeness (QED) is 0.492. The summed E-state index contributed by atoms with van der Waals surface area (Å²) < 4.78 is 23.3. The van der Waals surface area contributed by atoms with Gasteiger partial charge in [0.1, 0.15) is 6.07 Å². The minimum Gasteiger partial charge on any atom is -0.772 e. The van der Waals surface area contributed by atoms with Gasteiger partial charge in [-0.2, -0.15) is 5.26 Å². The summed E-state index contributed by atoms with van der Waals surface area (Å²) in [7, 11) is 0. The second-order valence-electron chi connectivity index (χ2n) is 6.47. The fourth-order valence-corrected chi connectivity index (χ4v) is 3.75. The Morgan fingerprint density at radius 3 is 2.59 bits per heavy atom. The molecule has 3 rings (SSSR count). The van der Waals surface area contributed by atoms with E-state index in [9.17, 15) is 14.0 Å². The summed E-state index contributed by atoms with van der Waals surface area (Å²) in [5.74, 6) is 0.159. The number of rotatable bonds is 7. The summed E-state index contributed by atoms with van der Waals surface area (Å²) >= 11 is -1.99. The van der Waals surface area contributed by atoms with Crippen LogP contribution in [0.2, 0.25) is 0 Å². The smallest absolute Gasteiger partial charge is 0.102 e. The summed E-state index contributed by atoms with van der Waals surface area (Å²) in [5, 5.41) is 14.0. The fraction of sp³-hybridized carbons (Fsp3) is 0.286. The van der Waals surface area contributed by atoms with Crippen LogP contribution in [0, 0.1) is 18.3 Å². The van der Waals surface area contributed by atoms with Crippen molar-refractivity contribution in [3.05, 3.63) is 53.6 Å². The predicted molar refractivity (Wildman–Crippen MR) is 109 cm³/mol. The minimum absolute atomic E-state index is 0.159. The van der Waals surface area contributed by atoms with Crippen LogP contribution >= 0.6 is 0 Å². The molecule has 1 heterocycles. The van der Waals surface area contributed by atoms with Crippen molar-refractivity contribution in [1.29, 1.82) is 5.26 Å². The lowest BCUT2D eigenvalue weighted by Crippen LogP contribution is -2.06. The first-order valence-corrected chi connectivity index (χ1v) is 10.2. The Kier molecular flexibility index (Phi) is 5.94. The normalized spacial score (nSPS) is 12.1. The Hall–Kier alpha value is -2.62. The van der Waals surface area contributed by atoms with E-state index in [-0.39, 0.29) is 5.75 Å². The standard InChI is InChI=1S/C21H23N3O2S/c1-3-24-20-13-15(2)5-10-18(20)19(14-22)21(24)16-6-8-17(9-7-16)23-11-4-12-27(25)26/h5-10,13,23H,3-4,11-12H2,1-2H3,(H,25,26)/p-1. The number of nitriles is 1. The molecule has 5 nitrogen and oxygen atoms in total. The Bertz CT molecular complexity index is 1020. The van der Waals surface area contributed by atoms with E-state index in [1.165, 1.54) is 5.56 Å². The van der Waals surface area contributed by atoms with Gasteiger partial charge in [-0.15, -0.1) is 0 Å². The maximum Gasteiger partial charge on any atom is 0.102 e. The van der Waals surface area contributed by atoms with E-state index in [0.29, 0.717) is 18.5 Å². The second kappa shape index (κ2) is 8.38. The van der Waals surface area contributed by atoms with Gasteiger partial charge in [0.05, 0.1) is 16.8 Å². The average molecular weight is 380 g/mol. The molecule has 0 aliphatic carbocycles. The van der Waals surface area contributed by atoms with Gasteiger partial charge in [-0.3, -0.25) is 4.21 Å². The molecule has 0 saturated carbocycles. The number of aromatic nitrogens is 1. The number of benzene rings is 2. The molecule has 0 spiro atoms. The van der Waals surface area contributed by atoms with Gasteiger partial charge in [-0.1, -0.05) is 35.3 Å². The van der Waals surface area contributed by atoms with Crippen molar-refractivity contribution in [2.24, 2.45) is 0 Å². The van der Waals surface area contributed by atoms with E-state index in [1.807, 2.05) is 36.4 Å². The van der Waals surface area contributed by atoms with E-state index in [4.69, 9.17) is 0 Å². The van der Waals surface area contributed by atoms with Crippen LogP contribution in [0.15, 0.2) is 42.5 Å². The topological polar surface area (TPSA) is 80.9 Å². The highest BCUT2D eigenvalue weighted by atomic mass is 32.2. The summed E-state index contributed by atoms with van der Waals surface area (Å²) in [6.45, 7) is 5.53. The molecule has 27 heavy (non-hydrogen) atoms. The van der Waals surface area contributed by atoms with Gasteiger partial charge >= 0.3 is 0 Å². The van der Waals surface area contributed by atoms with Crippen molar-refractivity contribution in [3.8, 4) is 17.3 Å². The first-order valence-electron chi connectivity index (χ1n) is 8.98. The molecule has 3 aromatic rings. The summed E-state index contributed by atoms with van der Waals surface area (Å²) in [6.07, 6.45) is 0.569. The van der Waals surface area contributed by atoms with Crippen LogP contribution in [0.5, 0.6) is 0 Å². The Morgan fingerprint density at radius 2 is 1.96 bits per heavy atom. The molecule has 1 unspecified atom stereocenters. The molecule has 2 aromatic carbocycles. The first-order chi connectivity index (χ1) is 13.0. The van der Waals surface area contributed by atoms with Crippen molar-refractivity contribution >= 4 is 27.7 Å². The lowest BCUT2D eigenvalue weighted by Gasteiger charge is -2.11. The van der Waals surface area contributed by atoms with E-state index in [1.54, 1.807) is 0 Å². The predicted octanol–water partition coefficient (Wildman–Crippen LogP) is 4.19. The molecule has 0 amide bonds. The highest BCUT2D eigenvalue weighted by Gasteiger charge is 2.17. The third-order valence-electron chi connectivity index (χ3n) is 4.62. The van der Waals surface area contributed by atoms with Crippen molar-refractivity contribution in [2.75, 3.05) is 17.6 Å². The summed E-state index contributed by atoms with van der Waals surface area (Å²) in [4.78, 5) is 0. The second-order valence-corrected chi connectivity index (χ2v) is 7.48. The van der Waals surface area contributed by atoms with E-state index in [0.717, 1.165) is 34.4 Å². The van der Waals surface area contributed by atoms with Crippen molar-refractivity contribution in [3.63, 3.8) is 0 Å². The Labute approximate surface area is 161 Å². The third-order valence-corrected chi connectivity index (χ3v) is 5.25. The number of fused-ring (bicyclic) bond motifs is 1. The number of nitrogens with one attached hydrogen (secondary N) is 1. The molecule has 0 aliphatic heterocycles. The van der Waals surface area contributed by atoms with Crippen molar-refractivity contribution in [2.45, 2.75) is 26.8 Å². The SMILES string of the molecule is CCn1c(-c2ccc(NCCCS(=O)[O-])cc2)c(C#N)c2ccc(C)cc21. The highest BCUT2D eigenvalue weighted by Crippen LogP contribution is 2.34. The van der Waals surface area contributed by atoms with Gasteiger partial charge in [-0.25, -0.2) is 0 Å². The van der Waals surface area contributed by atoms with Gasteiger partial charge in [0.2, 0.25) is 0 Å². The maximum atomic E-state index is 10.6. The number of hydrogen-bond acceptors (Lipinski definition) is 4. The third kappa shape index (κ3) is 4.05. The molecule has 0 aliphatic rings. The molecule has 1 aromatic heterocycles. The van der Waals surface area contributed by atoms with Gasteiger partial charge in [0, 0.05) is 29.9 Å². The van der Waals surface area contributed by atoms with E-state index < -0.39 is 11.1 Å². The molecule has 140 valence electrons. The largest absolute Gasteiger partial charge is 0.772 e. The van der Waals surface area contributed by atoms with Crippen LogP contribution in [-0.4, -0.2) is 25.6 Å². The minimum atomic E-state index is -1.99. The number of hydrogen-bond donors (Lipinski definition) is 1. The lowest BCUT2D eigenvalue weighted by atomic mass is 10.1. The number of nitrogens with zero attached hydrogens (tertiary/aromatic N) is 2. The van der Waals surface area contributed by atoms with Crippen LogP contribution in [0.25, 0.3) is 22.2 Å². The van der Waals surface area contributed by atoms with E-state index in [2.05, 4.69) is 35.9 Å². The van der Waals surface area contributed by atoms with Crippen molar-refractivity contribution in [1.82, 2.24) is 4.57 Å². The zero-order valence-corrected chi connectivity index (χ0v) is 16.3. The fourth-order valence-electron chi connectivity index (χ4n) is 3.37. The first kappa shape index (κ1) is 19.2. The molecular weight excluding hydrogens is 358 g/mol. The molecule has 0 radical (unpaired) electrons. The van der Waals surface area contributed by atoms with Gasteiger partial charge in [-0.05, 0) is 49.6 Å². The number of aryl methyl sites for hydroxylation is 2. The Morgan fingerprint density at radius 1 is 1.22 bits per heavy atom. The van der Waals surface area contributed by atoms with Gasteiger partial charge in [0.15, 0.2) is 0 Å². The zero-order valence-electron chi connectivity index (χ0n) is 15.5. The monoisotopic (exact) mass is 380 g/mol. The Balaban J connectivity index is 1.93. The maximum absolute atomic E-state index is 10.6. The molecule has 1 N–H and O–H groups in total. The van der Waals surface area contributed by atoms with Crippen LogP contribution in [-0.2, 0) is 17.6 Å². The summed E-state index contributed by atoms with van der Waals surface area (Å²) in [6, 6.07) is 16.5. The molecule has 0 fully saturated rings. The van der Waals surface area contributed by atoms with Crippen LogP contribution in [0.3, 0.4) is 0 Å². The van der Waals surface area contributed by atoms with Gasteiger partial charge < -0.3 is 14.4 Å². The molecule has 1 atom stereocenters. The van der Waals surface area contributed by atoms with Gasteiger partial charge in [0.25, 0.3) is 0 Å². The van der Waals surface area contributed by atoms with Crippen LogP contribution in [0.4, 0.5) is 5.69 Å². The lowest BCUT2D eigenvalue weighted by molar-refractivity contribution is 0.535. The molecule has 0 bridgehead atoms. The van der Waals surface area contributed by atoms with Crippen molar-refractivity contribution < 1.29 is 8.76 Å². The number of anilines is 1. The van der Waals surface area contributed by atoms with E-state index >= 15 is 0 Å². The molecule has 0 saturated heterocycles. The zero-order chi connectivity index (χ0) is 19.4. The molecular formula is C21H22N3O2S-. The molecule has 6 heteroatoms. The highest BCUT2D eigenvalue weighted by molar-refractivity contribution is 7.79. The average Bonchev–Trinajstić information content (AvgIpc) is 2.98.